The summed E-state index contributed by atoms with van der Waals surface area (Å²) in [7, 11) is 0. The zero-order valence-electron chi connectivity index (χ0n) is 23.1. The van der Waals surface area contributed by atoms with Gasteiger partial charge in [-0.25, -0.2) is 4.68 Å². The van der Waals surface area contributed by atoms with E-state index < -0.39 is 0 Å². The Bertz CT molecular complexity index is 1680. The average molecular weight is 658 g/mol. The van der Waals surface area contributed by atoms with Crippen LogP contribution in [0.1, 0.15) is 47.8 Å². The lowest BCUT2D eigenvalue weighted by atomic mass is 9.90. The highest BCUT2D eigenvalue weighted by Gasteiger charge is 2.65. The van der Waals surface area contributed by atoms with E-state index in [2.05, 4.69) is 122 Å². The molecule has 0 saturated carbocycles. The highest BCUT2D eigenvalue weighted by atomic mass is 79.9. The predicted octanol–water partition coefficient (Wildman–Crippen LogP) is 6.95. The molecule has 0 spiro atoms. The Morgan fingerprint density at radius 2 is 1.62 bits per heavy atom. The highest BCUT2D eigenvalue weighted by molar-refractivity contribution is 9.10. The van der Waals surface area contributed by atoms with Gasteiger partial charge < -0.3 is 9.80 Å². The second-order valence-corrected chi connectivity index (χ2v) is 14.8. The van der Waals surface area contributed by atoms with Crippen LogP contribution in [0.5, 0.6) is 0 Å². The van der Waals surface area contributed by atoms with E-state index in [1.807, 2.05) is 51.7 Å². The van der Waals surface area contributed by atoms with Crippen LogP contribution in [0.15, 0.2) is 107 Å². The maximum Gasteiger partial charge on any atom is 0.250 e. The van der Waals surface area contributed by atoms with E-state index >= 15 is 0 Å². The fraction of sp³-hybridized carbons (Fsp3) is 0.250. The molecule has 2 aliphatic heterocycles. The van der Waals surface area contributed by atoms with Gasteiger partial charge in [0.1, 0.15) is 17.5 Å². The van der Waals surface area contributed by atoms with E-state index in [0.29, 0.717) is 6.54 Å². The van der Waals surface area contributed by atoms with Crippen molar-refractivity contribution < 1.29 is 4.79 Å². The zero-order chi connectivity index (χ0) is 28.8. The fourth-order valence-electron chi connectivity index (χ4n) is 6.20. The number of para-hydroxylation sites is 1. The third-order valence-electron chi connectivity index (χ3n) is 8.04. The van der Waals surface area contributed by atoms with Crippen LogP contribution in [0.2, 0.25) is 0 Å². The molecule has 7 nitrogen and oxygen atoms in total. The summed E-state index contributed by atoms with van der Waals surface area (Å²) in [6.07, 6.45) is 0. The molecule has 42 heavy (non-hydrogen) atoms. The maximum atomic E-state index is 14.5. The molecular weight excluding hydrogens is 628 g/mol. The summed E-state index contributed by atoms with van der Waals surface area (Å²) >= 11 is 7.11. The van der Waals surface area contributed by atoms with E-state index in [-0.39, 0.29) is 34.2 Å². The van der Waals surface area contributed by atoms with Gasteiger partial charge in [-0.3, -0.25) is 4.79 Å². The van der Waals surface area contributed by atoms with Gasteiger partial charge >= 0.3 is 0 Å². The SMILES string of the molecule is CC1(C)S[C@@H]2C(N(c3ccccc3)C(c3ccccc3)c3ccc(Br)cc3)C(=O)N2C1c1nnnn1Cc1cccs1. The molecule has 5 aromatic rings. The first-order valence-electron chi connectivity index (χ1n) is 13.8. The molecule has 2 fully saturated rings. The van der Waals surface area contributed by atoms with Crippen LogP contribution in [-0.2, 0) is 11.3 Å². The quantitative estimate of drug-likeness (QED) is 0.169. The number of rotatable bonds is 8. The van der Waals surface area contributed by atoms with Crippen molar-refractivity contribution in [2.45, 2.75) is 48.6 Å². The average Bonchev–Trinajstić information content (AvgIpc) is 3.74. The first-order valence-corrected chi connectivity index (χ1v) is 16.4. The van der Waals surface area contributed by atoms with E-state index in [1.165, 1.54) is 4.88 Å². The van der Waals surface area contributed by atoms with Gasteiger partial charge in [0, 0.05) is 19.8 Å². The van der Waals surface area contributed by atoms with Crippen LogP contribution in [-0.4, -0.2) is 47.2 Å². The monoisotopic (exact) mass is 656 g/mol. The molecule has 2 aliphatic rings. The Morgan fingerprint density at radius 1 is 0.929 bits per heavy atom. The number of halogens is 1. The smallest absolute Gasteiger partial charge is 0.250 e. The number of anilines is 1. The number of tetrazole rings is 1. The van der Waals surface area contributed by atoms with Crippen LogP contribution >= 0.6 is 39.0 Å². The van der Waals surface area contributed by atoms with Crippen LogP contribution in [0.25, 0.3) is 0 Å². The number of amides is 1. The van der Waals surface area contributed by atoms with Crippen molar-refractivity contribution in [3.8, 4) is 0 Å². The Labute approximate surface area is 261 Å². The summed E-state index contributed by atoms with van der Waals surface area (Å²) in [5, 5.41) is 14.8. The van der Waals surface area contributed by atoms with Gasteiger partial charge in [-0.15, -0.1) is 28.2 Å². The number of hydrogen-bond donors (Lipinski definition) is 0. The largest absolute Gasteiger partial charge is 0.346 e. The molecule has 0 bridgehead atoms. The molecular formula is C32H29BrN6OS2. The van der Waals surface area contributed by atoms with E-state index in [0.717, 1.165) is 27.1 Å². The number of aromatic nitrogens is 4. The minimum atomic E-state index is -0.364. The molecule has 2 saturated heterocycles. The summed E-state index contributed by atoms with van der Waals surface area (Å²) in [4.78, 5) is 20.0. The number of carbonyl (C=O) groups excluding carboxylic acids is 1. The van der Waals surface area contributed by atoms with Crippen molar-refractivity contribution >= 4 is 50.6 Å². The topological polar surface area (TPSA) is 67.2 Å². The van der Waals surface area contributed by atoms with Gasteiger partial charge in [0.15, 0.2) is 5.82 Å². The molecule has 10 heteroatoms. The predicted molar refractivity (Wildman–Crippen MR) is 171 cm³/mol. The number of benzene rings is 3. The molecule has 212 valence electrons. The van der Waals surface area contributed by atoms with Crippen molar-refractivity contribution in [2.24, 2.45) is 0 Å². The summed E-state index contributed by atoms with van der Waals surface area (Å²) in [6, 6.07) is 32.6. The number of nitrogens with zero attached hydrogens (tertiary/aromatic N) is 6. The molecule has 4 atom stereocenters. The number of thioether (sulfide) groups is 1. The number of β-lactam (4-membered cyclic amide) rings is 1. The minimum Gasteiger partial charge on any atom is -0.346 e. The van der Waals surface area contributed by atoms with Gasteiger partial charge in [-0.2, -0.15) is 0 Å². The number of thiophene rings is 1. The number of fused-ring (bicyclic) bond motifs is 1. The number of hydrogen-bond acceptors (Lipinski definition) is 7. The Morgan fingerprint density at radius 3 is 2.31 bits per heavy atom. The third-order valence-corrected chi connectivity index (χ3v) is 11.0. The lowest BCUT2D eigenvalue weighted by Gasteiger charge is -2.52. The third kappa shape index (κ3) is 4.75. The molecule has 0 N–H and O–H groups in total. The Hall–Kier alpha value is -3.47. The van der Waals surface area contributed by atoms with Crippen molar-refractivity contribution in [1.82, 2.24) is 25.1 Å². The first kappa shape index (κ1) is 27.4. The number of carbonyl (C=O) groups is 1. The molecule has 2 aromatic heterocycles. The van der Waals surface area contributed by atoms with Gasteiger partial charge in [0.2, 0.25) is 5.91 Å². The second-order valence-electron chi connectivity index (χ2n) is 11.1. The van der Waals surface area contributed by atoms with Crippen LogP contribution in [0.4, 0.5) is 5.69 Å². The molecule has 0 aliphatic carbocycles. The van der Waals surface area contributed by atoms with Crippen LogP contribution in [0, 0.1) is 0 Å². The van der Waals surface area contributed by atoms with E-state index in [1.54, 1.807) is 11.3 Å². The summed E-state index contributed by atoms with van der Waals surface area (Å²) in [5.41, 5.74) is 3.27. The molecule has 0 radical (unpaired) electrons. The normalized spacial score (nSPS) is 21.5. The minimum absolute atomic E-state index is 0.0637. The fourth-order valence-corrected chi connectivity index (χ4v) is 8.84. The van der Waals surface area contributed by atoms with Gasteiger partial charge in [0.25, 0.3) is 0 Å². The lowest BCUT2D eigenvalue weighted by molar-refractivity contribution is -0.148. The van der Waals surface area contributed by atoms with E-state index in [4.69, 9.17) is 0 Å². The molecule has 3 unspecified atom stereocenters. The molecule has 1 amide bonds. The van der Waals surface area contributed by atoms with Crippen LogP contribution in [0.3, 0.4) is 0 Å². The van der Waals surface area contributed by atoms with Gasteiger partial charge in [-0.05, 0) is 71.1 Å². The van der Waals surface area contributed by atoms with E-state index in [9.17, 15) is 4.79 Å². The second kappa shape index (κ2) is 11.0. The highest BCUT2D eigenvalue weighted by Crippen LogP contribution is 2.59. The first-order chi connectivity index (χ1) is 20.4. The van der Waals surface area contributed by atoms with Crippen molar-refractivity contribution in [1.29, 1.82) is 0 Å². The summed E-state index contributed by atoms with van der Waals surface area (Å²) in [6.45, 7) is 4.99. The maximum absolute atomic E-state index is 14.5. The molecule has 4 heterocycles. The van der Waals surface area contributed by atoms with Crippen molar-refractivity contribution in [3.63, 3.8) is 0 Å². The molecule has 7 rings (SSSR count). The van der Waals surface area contributed by atoms with Gasteiger partial charge in [-0.1, -0.05) is 82.7 Å². The standard InChI is InChI=1S/C32H29BrN6OS2/c1-32(2)28(29-34-35-36-37(29)20-25-14-9-19-41-25)39-30(40)27(31(39)42-32)38(24-12-7-4-8-13-24)26(21-10-5-3-6-11-21)22-15-17-23(33)18-16-22/h3-19,26-28,31H,20H2,1-2H3/t26?,27?,28?,31-/m1/s1. The lowest BCUT2D eigenvalue weighted by Crippen LogP contribution is -2.68. The van der Waals surface area contributed by atoms with Crippen molar-refractivity contribution in [2.75, 3.05) is 4.90 Å². The summed E-state index contributed by atoms with van der Waals surface area (Å²) in [5.74, 6) is 0.824. The zero-order valence-corrected chi connectivity index (χ0v) is 26.3. The van der Waals surface area contributed by atoms with Gasteiger partial charge in [0.05, 0.1) is 12.6 Å². The molecule has 3 aromatic carbocycles. The van der Waals surface area contributed by atoms with Crippen LogP contribution < -0.4 is 4.90 Å². The Kier molecular flexibility index (Phi) is 7.16. The summed E-state index contributed by atoms with van der Waals surface area (Å²) < 4.78 is 2.58. The Balaban J connectivity index is 1.30. The van der Waals surface area contributed by atoms with Crippen molar-refractivity contribution in [3.05, 3.63) is 129 Å².